The number of carbonyl (C=O) groups excluding carboxylic acids is 1. The molecule has 0 bridgehead atoms. The van der Waals surface area contributed by atoms with Crippen LogP contribution in [0.1, 0.15) is 40.0 Å². The highest BCUT2D eigenvalue weighted by Crippen LogP contribution is 2.27. The van der Waals surface area contributed by atoms with Crippen molar-refractivity contribution in [1.29, 1.82) is 0 Å². The zero-order valence-electron chi connectivity index (χ0n) is 20.4. The van der Waals surface area contributed by atoms with E-state index < -0.39 is 5.60 Å². The summed E-state index contributed by atoms with van der Waals surface area (Å²) in [6.07, 6.45) is 2.95. The summed E-state index contributed by atoms with van der Waals surface area (Å²) in [5, 5.41) is 13.6. The summed E-state index contributed by atoms with van der Waals surface area (Å²) in [6.45, 7) is 11.5. The van der Waals surface area contributed by atoms with Gasteiger partial charge in [-0.3, -0.25) is 4.99 Å². The van der Waals surface area contributed by atoms with Crippen molar-refractivity contribution in [2.24, 2.45) is 10.9 Å². The van der Waals surface area contributed by atoms with Gasteiger partial charge in [-0.1, -0.05) is 12.1 Å². The maximum Gasteiger partial charge on any atom is 0.410 e. The third-order valence-corrected chi connectivity index (χ3v) is 6.02. The molecule has 8 nitrogen and oxygen atoms in total. The Kier molecular flexibility index (Phi) is 10.4. The Morgan fingerprint density at radius 1 is 1.15 bits per heavy atom. The number of anilines is 1. The van der Waals surface area contributed by atoms with Crippen LogP contribution in [0.3, 0.4) is 0 Å². The summed E-state index contributed by atoms with van der Waals surface area (Å²) in [4.78, 5) is 23.2. The summed E-state index contributed by atoms with van der Waals surface area (Å²) >= 11 is 0. The number of benzene rings is 1. The number of nitrogens with zero attached hydrogens (tertiary/aromatic N) is 4. The number of piperidine rings is 1. The number of rotatable bonds is 4. The first-order valence-corrected chi connectivity index (χ1v) is 11.7. The molecule has 33 heavy (non-hydrogen) atoms. The van der Waals surface area contributed by atoms with Crippen LogP contribution in [-0.4, -0.2) is 85.4 Å². The molecule has 2 fully saturated rings. The fourth-order valence-corrected chi connectivity index (χ4v) is 4.40. The Morgan fingerprint density at radius 3 is 2.48 bits per heavy atom. The Hall–Kier alpha value is -1.91. The van der Waals surface area contributed by atoms with E-state index in [-0.39, 0.29) is 30.1 Å². The Balaban J connectivity index is 0.00000385. The maximum atomic E-state index is 12.4. The topological polar surface area (TPSA) is 80.6 Å². The monoisotopic (exact) mass is 573 g/mol. The summed E-state index contributed by atoms with van der Waals surface area (Å²) in [5.74, 6) is 1.72. The number of para-hydroxylation sites is 2. The van der Waals surface area contributed by atoms with E-state index in [9.17, 15) is 9.90 Å². The number of aliphatic imine (C=N–C) groups is 1. The molecule has 3 rings (SSSR count). The number of hydrogen-bond donors (Lipinski definition) is 2. The van der Waals surface area contributed by atoms with Crippen molar-refractivity contribution in [2.75, 3.05) is 57.8 Å². The van der Waals surface area contributed by atoms with Crippen LogP contribution in [0, 0.1) is 5.92 Å². The molecule has 0 aliphatic carbocycles. The van der Waals surface area contributed by atoms with Gasteiger partial charge in [-0.15, -0.1) is 24.0 Å². The molecule has 1 atom stereocenters. The van der Waals surface area contributed by atoms with Gasteiger partial charge in [0.1, 0.15) is 11.4 Å². The van der Waals surface area contributed by atoms with E-state index in [1.165, 1.54) is 0 Å². The highest BCUT2D eigenvalue weighted by molar-refractivity contribution is 14.0. The first-order chi connectivity index (χ1) is 15.3. The fourth-order valence-electron chi connectivity index (χ4n) is 4.40. The van der Waals surface area contributed by atoms with Gasteiger partial charge in [0.25, 0.3) is 0 Å². The predicted molar refractivity (Wildman–Crippen MR) is 144 cm³/mol. The molecule has 1 unspecified atom stereocenters. The largest absolute Gasteiger partial charge is 0.506 e. The average Bonchev–Trinajstić information content (AvgIpc) is 2.76. The molecular formula is C24H40IN5O3. The van der Waals surface area contributed by atoms with Gasteiger partial charge in [0.15, 0.2) is 5.96 Å². The number of hydrogen-bond acceptors (Lipinski definition) is 5. The number of piperazine rings is 1. The summed E-state index contributed by atoms with van der Waals surface area (Å²) in [7, 11) is 1.82. The molecule has 0 aromatic heterocycles. The van der Waals surface area contributed by atoms with Gasteiger partial charge in [-0.2, -0.15) is 0 Å². The van der Waals surface area contributed by atoms with Crippen molar-refractivity contribution in [3.8, 4) is 5.75 Å². The zero-order chi connectivity index (χ0) is 23.1. The van der Waals surface area contributed by atoms with Gasteiger partial charge in [0, 0.05) is 52.9 Å². The lowest BCUT2D eigenvalue weighted by molar-refractivity contribution is 0.0162. The second-order valence-electron chi connectivity index (χ2n) is 9.66. The van der Waals surface area contributed by atoms with E-state index in [0.29, 0.717) is 11.7 Å². The normalized spacial score (nSPS) is 19.7. The summed E-state index contributed by atoms with van der Waals surface area (Å²) in [6, 6.07) is 7.50. The third-order valence-electron chi connectivity index (χ3n) is 6.02. The van der Waals surface area contributed by atoms with Crippen molar-refractivity contribution in [1.82, 2.24) is 15.1 Å². The number of likely N-dealkylation sites (tertiary alicyclic amines) is 1. The third kappa shape index (κ3) is 8.12. The van der Waals surface area contributed by atoms with Crippen LogP contribution in [0.2, 0.25) is 0 Å². The van der Waals surface area contributed by atoms with Gasteiger partial charge in [0.2, 0.25) is 0 Å². The molecule has 9 heteroatoms. The first kappa shape index (κ1) is 27.3. The Morgan fingerprint density at radius 2 is 1.85 bits per heavy atom. The number of aromatic hydroxyl groups is 1. The van der Waals surface area contributed by atoms with E-state index in [4.69, 9.17) is 4.74 Å². The first-order valence-electron chi connectivity index (χ1n) is 11.7. The number of guanidine groups is 1. The minimum atomic E-state index is -0.457. The van der Waals surface area contributed by atoms with E-state index in [2.05, 4.69) is 20.1 Å². The van der Waals surface area contributed by atoms with Crippen LogP contribution in [0.4, 0.5) is 10.5 Å². The number of nitrogens with one attached hydrogen (secondary N) is 1. The number of halogens is 1. The lowest BCUT2D eigenvalue weighted by atomic mass is 9.95. The van der Waals surface area contributed by atoms with Gasteiger partial charge in [-0.25, -0.2) is 4.79 Å². The second-order valence-corrected chi connectivity index (χ2v) is 9.66. The number of carbonyl (C=O) groups is 1. The minimum absolute atomic E-state index is 0. The van der Waals surface area contributed by atoms with E-state index in [1.54, 1.807) is 6.07 Å². The molecule has 2 N–H and O–H groups in total. The van der Waals surface area contributed by atoms with Crippen LogP contribution in [-0.2, 0) is 4.74 Å². The van der Waals surface area contributed by atoms with Crippen LogP contribution in [0.25, 0.3) is 0 Å². The van der Waals surface area contributed by atoms with Crippen LogP contribution >= 0.6 is 24.0 Å². The van der Waals surface area contributed by atoms with Crippen LogP contribution in [0.15, 0.2) is 29.3 Å². The van der Waals surface area contributed by atoms with E-state index in [0.717, 1.165) is 76.7 Å². The SMILES string of the molecule is CN=C(NCCC1CCCN(C(=O)OC(C)(C)C)C1)N1CCN(c2ccccc2O)CC1.I. The molecule has 2 saturated heterocycles. The van der Waals surface area contributed by atoms with Gasteiger partial charge in [-0.05, 0) is 58.1 Å². The average molecular weight is 574 g/mol. The second kappa shape index (κ2) is 12.5. The van der Waals surface area contributed by atoms with Gasteiger partial charge < -0.3 is 29.9 Å². The standard InChI is InChI=1S/C24H39N5O3.HI/c1-24(2,3)32-23(31)29-13-7-8-19(18-29)11-12-26-22(25-4)28-16-14-27(15-17-28)20-9-5-6-10-21(20)30;/h5-6,9-10,19,30H,7-8,11-18H2,1-4H3,(H,25,26);1H. The minimum Gasteiger partial charge on any atom is -0.506 e. The lowest BCUT2D eigenvalue weighted by Gasteiger charge is -2.38. The van der Waals surface area contributed by atoms with E-state index in [1.807, 2.05) is 50.9 Å². The van der Waals surface area contributed by atoms with Crippen LogP contribution in [0.5, 0.6) is 5.75 Å². The number of phenols is 1. The quantitative estimate of drug-likeness (QED) is 0.325. The van der Waals surface area contributed by atoms with Crippen molar-refractivity contribution < 1.29 is 14.6 Å². The molecule has 186 valence electrons. The molecular weight excluding hydrogens is 533 g/mol. The van der Waals surface area contributed by atoms with Crippen molar-refractivity contribution in [3.63, 3.8) is 0 Å². The molecule has 2 heterocycles. The fraction of sp³-hybridized carbons (Fsp3) is 0.667. The smallest absolute Gasteiger partial charge is 0.410 e. The molecule has 0 saturated carbocycles. The predicted octanol–water partition coefficient (Wildman–Crippen LogP) is 3.74. The number of amides is 1. The maximum absolute atomic E-state index is 12.4. The summed E-state index contributed by atoms with van der Waals surface area (Å²) in [5.41, 5.74) is 0.434. The van der Waals surface area contributed by atoms with Gasteiger partial charge >= 0.3 is 6.09 Å². The number of phenolic OH excluding ortho intramolecular Hbond substituents is 1. The molecule has 0 spiro atoms. The zero-order valence-corrected chi connectivity index (χ0v) is 22.7. The molecule has 1 amide bonds. The van der Waals surface area contributed by atoms with Crippen LogP contribution < -0.4 is 10.2 Å². The Labute approximate surface area is 215 Å². The molecule has 2 aliphatic rings. The highest BCUT2D eigenvalue weighted by Gasteiger charge is 2.28. The molecule has 1 aromatic carbocycles. The van der Waals surface area contributed by atoms with E-state index >= 15 is 0 Å². The van der Waals surface area contributed by atoms with Gasteiger partial charge in [0.05, 0.1) is 5.69 Å². The highest BCUT2D eigenvalue weighted by atomic mass is 127. The lowest BCUT2D eigenvalue weighted by Crippen LogP contribution is -2.53. The van der Waals surface area contributed by atoms with Crippen molar-refractivity contribution >= 4 is 41.7 Å². The van der Waals surface area contributed by atoms with Crippen molar-refractivity contribution in [2.45, 2.75) is 45.6 Å². The molecule has 0 radical (unpaired) electrons. The number of ether oxygens (including phenoxy) is 1. The molecule has 2 aliphatic heterocycles. The Bertz CT molecular complexity index is 791. The van der Waals surface area contributed by atoms with Crippen molar-refractivity contribution in [3.05, 3.63) is 24.3 Å². The summed E-state index contributed by atoms with van der Waals surface area (Å²) < 4.78 is 5.54. The molecule has 1 aromatic rings.